The number of halogens is 2. The Kier molecular flexibility index (Phi) is 4.23. The zero-order valence-corrected chi connectivity index (χ0v) is 11.5. The van der Waals surface area contributed by atoms with Crippen LogP contribution in [0.25, 0.3) is 0 Å². The summed E-state index contributed by atoms with van der Waals surface area (Å²) in [6, 6.07) is 6.16. The first-order valence-corrected chi connectivity index (χ1v) is 7.64. The fourth-order valence-corrected chi connectivity index (χ4v) is 3.32. The van der Waals surface area contributed by atoms with Crippen LogP contribution >= 0.6 is 39.3 Å². The number of nitrogens with zero attached hydrogens (tertiary/aromatic N) is 1. The Labute approximate surface area is 108 Å². The van der Waals surface area contributed by atoms with E-state index in [4.69, 9.17) is 11.6 Å². The molecule has 82 valence electrons. The largest absolute Gasteiger partial charge is 0.370 e. The Bertz CT molecular complexity index is 339. The van der Waals surface area contributed by atoms with Gasteiger partial charge in [0.25, 0.3) is 0 Å². The summed E-state index contributed by atoms with van der Waals surface area (Å²) in [6.07, 6.45) is 0. The van der Waals surface area contributed by atoms with E-state index in [1.54, 1.807) is 0 Å². The molecule has 0 saturated carbocycles. The zero-order chi connectivity index (χ0) is 10.7. The van der Waals surface area contributed by atoms with E-state index in [2.05, 4.69) is 26.9 Å². The average Bonchev–Trinajstić information content (AvgIpc) is 2.30. The zero-order valence-electron chi connectivity index (χ0n) is 8.38. The van der Waals surface area contributed by atoms with Crippen molar-refractivity contribution in [2.45, 2.75) is 5.33 Å². The third-order valence-corrected chi connectivity index (χ3v) is 4.32. The van der Waals surface area contributed by atoms with E-state index in [1.165, 1.54) is 22.8 Å². The number of anilines is 1. The molecule has 1 aromatic carbocycles. The molecule has 1 aliphatic heterocycles. The Morgan fingerprint density at radius 1 is 1.33 bits per heavy atom. The van der Waals surface area contributed by atoms with Crippen LogP contribution in [0.3, 0.4) is 0 Å². The van der Waals surface area contributed by atoms with E-state index in [-0.39, 0.29) is 0 Å². The topological polar surface area (TPSA) is 3.24 Å². The van der Waals surface area contributed by atoms with Crippen molar-refractivity contribution in [3.8, 4) is 0 Å². The van der Waals surface area contributed by atoms with Crippen molar-refractivity contribution < 1.29 is 0 Å². The van der Waals surface area contributed by atoms with Crippen LogP contribution in [0.15, 0.2) is 18.2 Å². The van der Waals surface area contributed by atoms with Gasteiger partial charge >= 0.3 is 0 Å². The van der Waals surface area contributed by atoms with Gasteiger partial charge in [0, 0.05) is 40.6 Å². The Balaban J connectivity index is 2.25. The molecular weight excluding hydrogens is 294 g/mol. The molecule has 0 N–H and O–H groups in total. The van der Waals surface area contributed by atoms with Gasteiger partial charge in [0.2, 0.25) is 0 Å². The standard InChI is InChI=1S/C11H13BrClNS/c12-8-9-7-10(13)1-2-11(9)14-3-5-15-6-4-14/h1-2,7H,3-6,8H2. The second kappa shape index (κ2) is 5.46. The van der Waals surface area contributed by atoms with E-state index in [0.29, 0.717) is 0 Å². The van der Waals surface area contributed by atoms with Gasteiger partial charge in [0.05, 0.1) is 0 Å². The van der Waals surface area contributed by atoms with Gasteiger partial charge in [-0.05, 0) is 23.8 Å². The predicted molar refractivity (Wildman–Crippen MR) is 73.6 cm³/mol. The van der Waals surface area contributed by atoms with Crippen molar-refractivity contribution >= 4 is 45.0 Å². The minimum absolute atomic E-state index is 0.819. The van der Waals surface area contributed by atoms with Crippen LogP contribution in [0.5, 0.6) is 0 Å². The quantitative estimate of drug-likeness (QED) is 0.765. The molecule has 0 spiro atoms. The number of alkyl halides is 1. The molecule has 0 bridgehead atoms. The highest BCUT2D eigenvalue weighted by Crippen LogP contribution is 2.28. The fraction of sp³-hybridized carbons (Fsp3) is 0.455. The summed E-state index contributed by atoms with van der Waals surface area (Å²) in [6.45, 7) is 2.29. The van der Waals surface area contributed by atoms with Crippen molar-refractivity contribution in [3.63, 3.8) is 0 Å². The van der Waals surface area contributed by atoms with E-state index < -0.39 is 0 Å². The molecule has 1 aliphatic rings. The van der Waals surface area contributed by atoms with Gasteiger partial charge < -0.3 is 4.90 Å². The highest BCUT2D eigenvalue weighted by atomic mass is 79.9. The first-order valence-electron chi connectivity index (χ1n) is 4.98. The number of hydrogen-bond donors (Lipinski definition) is 0. The number of hydrogen-bond acceptors (Lipinski definition) is 2. The minimum atomic E-state index is 0.819. The molecule has 1 nitrogen and oxygen atoms in total. The highest BCUT2D eigenvalue weighted by molar-refractivity contribution is 9.08. The molecule has 0 aromatic heterocycles. The lowest BCUT2D eigenvalue weighted by Crippen LogP contribution is -2.33. The number of benzene rings is 1. The first-order chi connectivity index (χ1) is 7.31. The van der Waals surface area contributed by atoms with E-state index in [0.717, 1.165) is 23.4 Å². The second-order valence-corrected chi connectivity index (χ2v) is 5.73. The smallest absolute Gasteiger partial charge is 0.0410 e. The molecule has 1 fully saturated rings. The third kappa shape index (κ3) is 2.83. The van der Waals surface area contributed by atoms with Gasteiger partial charge in [-0.2, -0.15) is 11.8 Å². The maximum absolute atomic E-state index is 5.99. The lowest BCUT2D eigenvalue weighted by molar-refractivity contribution is 0.854. The lowest BCUT2D eigenvalue weighted by Gasteiger charge is -2.30. The van der Waals surface area contributed by atoms with Crippen LogP contribution in [-0.4, -0.2) is 24.6 Å². The van der Waals surface area contributed by atoms with E-state index >= 15 is 0 Å². The number of rotatable bonds is 2. The third-order valence-electron chi connectivity index (χ3n) is 2.54. The molecule has 1 saturated heterocycles. The summed E-state index contributed by atoms with van der Waals surface area (Å²) >= 11 is 11.5. The van der Waals surface area contributed by atoms with Gasteiger partial charge in [-0.3, -0.25) is 0 Å². The lowest BCUT2D eigenvalue weighted by atomic mass is 10.2. The first kappa shape index (κ1) is 11.6. The van der Waals surface area contributed by atoms with Crippen molar-refractivity contribution in [2.24, 2.45) is 0 Å². The van der Waals surface area contributed by atoms with Gasteiger partial charge in [0.1, 0.15) is 0 Å². The van der Waals surface area contributed by atoms with Crippen molar-refractivity contribution in [1.29, 1.82) is 0 Å². The molecule has 1 aromatic rings. The molecule has 0 unspecified atom stereocenters. The van der Waals surface area contributed by atoms with E-state index in [1.807, 2.05) is 23.9 Å². The Morgan fingerprint density at radius 2 is 2.07 bits per heavy atom. The van der Waals surface area contributed by atoms with Crippen LogP contribution in [0.1, 0.15) is 5.56 Å². The van der Waals surface area contributed by atoms with Crippen molar-refractivity contribution in [3.05, 3.63) is 28.8 Å². The fourth-order valence-electron chi connectivity index (χ4n) is 1.77. The summed E-state index contributed by atoms with van der Waals surface area (Å²) in [4.78, 5) is 2.45. The Morgan fingerprint density at radius 3 is 2.73 bits per heavy atom. The van der Waals surface area contributed by atoms with E-state index in [9.17, 15) is 0 Å². The molecular formula is C11H13BrClNS. The minimum Gasteiger partial charge on any atom is -0.370 e. The van der Waals surface area contributed by atoms with Gasteiger partial charge in [-0.15, -0.1) is 0 Å². The van der Waals surface area contributed by atoms with Crippen LogP contribution in [0.4, 0.5) is 5.69 Å². The summed E-state index contributed by atoms with van der Waals surface area (Å²) in [7, 11) is 0. The summed E-state index contributed by atoms with van der Waals surface area (Å²) in [5.74, 6) is 2.45. The molecule has 0 aliphatic carbocycles. The predicted octanol–water partition coefficient (Wildman–Crippen LogP) is 3.79. The van der Waals surface area contributed by atoms with Crippen LogP contribution in [0.2, 0.25) is 5.02 Å². The summed E-state index contributed by atoms with van der Waals surface area (Å²) in [5.41, 5.74) is 2.62. The van der Waals surface area contributed by atoms with Crippen LogP contribution < -0.4 is 4.90 Å². The normalized spacial score (nSPS) is 16.8. The maximum Gasteiger partial charge on any atom is 0.0410 e. The maximum atomic E-state index is 5.99. The molecule has 4 heteroatoms. The molecule has 1 heterocycles. The second-order valence-electron chi connectivity index (χ2n) is 3.51. The van der Waals surface area contributed by atoms with Gasteiger partial charge in [0.15, 0.2) is 0 Å². The van der Waals surface area contributed by atoms with Crippen LogP contribution in [0, 0.1) is 0 Å². The van der Waals surface area contributed by atoms with Crippen molar-refractivity contribution in [1.82, 2.24) is 0 Å². The van der Waals surface area contributed by atoms with Crippen molar-refractivity contribution in [2.75, 3.05) is 29.5 Å². The highest BCUT2D eigenvalue weighted by Gasteiger charge is 2.14. The summed E-state index contributed by atoms with van der Waals surface area (Å²) < 4.78 is 0. The molecule has 0 radical (unpaired) electrons. The summed E-state index contributed by atoms with van der Waals surface area (Å²) in [5, 5.41) is 1.69. The molecule has 2 rings (SSSR count). The monoisotopic (exact) mass is 305 g/mol. The van der Waals surface area contributed by atoms with Crippen LogP contribution in [-0.2, 0) is 5.33 Å². The van der Waals surface area contributed by atoms with Gasteiger partial charge in [-0.25, -0.2) is 0 Å². The Hall–Kier alpha value is 0.140. The average molecular weight is 307 g/mol. The number of thioether (sulfide) groups is 1. The molecule has 15 heavy (non-hydrogen) atoms. The molecule has 0 atom stereocenters. The van der Waals surface area contributed by atoms with Gasteiger partial charge in [-0.1, -0.05) is 27.5 Å². The SMILES string of the molecule is Clc1ccc(N2CCSCC2)c(CBr)c1. The molecule has 0 amide bonds.